The molecule has 0 fully saturated rings. The predicted octanol–water partition coefficient (Wildman–Crippen LogP) is 3.09. The lowest BCUT2D eigenvalue weighted by Gasteiger charge is -2.23. The first-order valence-corrected chi connectivity index (χ1v) is 6.78. The molecule has 0 saturated heterocycles. The van der Waals surface area contributed by atoms with Crippen LogP contribution in [0.15, 0.2) is 48.7 Å². The van der Waals surface area contributed by atoms with E-state index in [1.165, 1.54) is 5.56 Å². The van der Waals surface area contributed by atoms with Crippen LogP contribution in [0.4, 0.5) is 5.82 Å². The SMILES string of the molecule is NCCCN(Cc1ccc(Cl)cc1)c1ccccn1. The Morgan fingerprint density at radius 2 is 1.89 bits per heavy atom. The summed E-state index contributed by atoms with van der Waals surface area (Å²) in [5.74, 6) is 0.978. The highest BCUT2D eigenvalue weighted by Gasteiger charge is 2.07. The standard InChI is InChI=1S/C15H18ClN3/c16-14-7-5-13(6-8-14)12-19(11-3-9-17)15-4-1-2-10-18-15/h1-2,4-8,10H,3,9,11-12,17H2. The van der Waals surface area contributed by atoms with Crippen LogP contribution < -0.4 is 10.6 Å². The first-order valence-electron chi connectivity index (χ1n) is 6.40. The Kier molecular flexibility index (Phi) is 5.19. The Morgan fingerprint density at radius 1 is 1.11 bits per heavy atom. The molecule has 1 heterocycles. The van der Waals surface area contributed by atoms with E-state index < -0.39 is 0 Å². The lowest BCUT2D eigenvalue weighted by molar-refractivity contribution is 0.726. The lowest BCUT2D eigenvalue weighted by atomic mass is 10.2. The molecular weight excluding hydrogens is 258 g/mol. The third kappa shape index (κ3) is 4.23. The summed E-state index contributed by atoms with van der Waals surface area (Å²) in [6.45, 7) is 2.40. The maximum Gasteiger partial charge on any atom is 0.128 e. The van der Waals surface area contributed by atoms with Gasteiger partial charge in [0, 0.05) is 24.3 Å². The Morgan fingerprint density at radius 3 is 2.53 bits per heavy atom. The summed E-state index contributed by atoms with van der Waals surface area (Å²) in [6.07, 6.45) is 2.76. The summed E-state index contributed by atoms with van der Waals surface area (Å²) < 4.78 is 0. The minimum atomic E-state index is 0.684. The van der Waals surface area contributed by atoms with E-state index in [4.69, 9.17) is 17.3 Å². The zero-order chi connectivity index (χ0) is 13.5. The Balaban J connectivity index is 2.11. The number of halogens is 1. The van der Waals surface area contributed by atoms with Crippen molar-refractivity contribution in [3.05, 3.63) is 59.2 Å². The minimum Gasteiger partial charge on any atom is -0.352 e. The number of nitrogens with zero attached hydrogens (tertiary/aromatic N) is 2. The first-order chi connectivity index (χ1) is 9.29. The molecule has 0 radical (unpaired) electrons. The van der Waals surface area contributed by atoms with Crippen LogP contribution in [0.25, 0.3) is 0 Å². The Labute approximate surface area is 119 Å². The largest absolute Gasteiger partial charge is 0.352 e. The third-order valence-corrected chi connectivity index (χ3v) is 3.14. The normalized spacial score (nSPS) is 10.4. The summed E-state index contributed by atoms with van der Waals surface area (Å²) >= 11 is 5.91. The van der Waals surface area contributed by atoms with Crippen molar-refractivity contribution in [3.8, 4) is 0 Å². The van der Waals surface area contributed by atoms with Crippen molar-refractivity contribution < 1.29 is 0 Å². The van der Waals surface area contributed by atoms with Gasteiger partial charge in [0.2, 0.25) is 0 Å². The second kappa shape index (κ2) is 7.12. The smallest absolute Gasteiger partial charge is 0.128 e. The number of pyridine rings is 1. The average molecular weight is 276 g/mol. The second-order valence-electron chi connectivity index (χ2n) is 4.38. The second-order valence-corrected chi connectivity index (χ2v) is 4.81. The lowest BCUT2D eigenvalue weighted by Crippen LogP contribution is -2.26. The molecule has 0 aliphatic carbocycles. The van der Waals surface area contributed by atoms with Crippen LogP contribution in [0.1, 0.15) is 12.0 Å². The fourth-order valence-corrected chi connectivity index (χ4v) is 2.03. The summed E-state index contributed by atoms with van der Waals surface area (Å²) in [5.41, 5.74) is 6.82. The van der Waals surface area contributed by atoms with Crippen molar-refractivity contribution >= 4 is 17.4 Å². The van der Waals surface area contributed by atoms with E-state index in [2.05, 4.69) is 9.88 Å². The van der Waals surface area contributed by atoms with Gasteiger partial charge in [-0.15, -0.1) is 0 Å². The van der Waals surface area contributed by atoms with Gasteiger partial charge in [0.05, 0.1) is 0 Å². The van der Waals surface area contributed by atoms with E-state index in [0.29, 0.717) is 6.54 Å². The van der Waals surface area contributed by atoms with Gasteiger partial charge >= 0.3 is 0 Å². The number of aromatic nitrogens is 1. The molecule has 0 unspecified atom stereocenters. The molecule has 0 spiro atoms. The van der Waals surface area contributed by atoms with Crippen LogP contribution in [-0.4, -0.2) is 18.1 Å². The monoisotopic (exact) mass is 275 g/mol. The molecule has 0 bridgehead atoms. The van der Waals surface area contributed by atoms with Crippen LogP contribution in [0.3, 0.4) is 0 Å². The van der Waals surface area contributed by atoms with Crippen LogP contribution in [-0.2, 0) is 6.54 Å². The van der Waals surface area contributed by atoms with Gasteiger partial charge in [0.25, 0.3) is 0 Å². The maximum atomic E-state index is 5.91. The number of hydrogen-bond acceptors (Lipinski definition) is 3. The zero-order valence-corrected chi connectivity index (χ0v) is 11.6. The molecule has 2 N–H and O–H groups in total. The van der Waals surface area contributed by atoms with Gasteiger partial charge in [-0.1, -0.05) is 29.8 Å². The maximum absolute atomic E-state index is 5.91. The van der Waals surface area contributed by atoms with Gasteiger partial charge in [0.1, 0.15) is 5.82 Å². The van der Waals surface area contributed by atoms with Gasteiger partial charge in [-0.05, 0) is 42.8 Å². The molecule has 1 aromatic carbocycles. The Bertz CT molecular complexity index is 485. The topological polar surface area (TPSA) is 42.1 Å². The number of benzene rings is 1. The van der Waals surface area contributed by atoms with Crippen LogP contribution in [0.5, 0.6) is 0 Å². The minimum absolute atomic E-state index is 0.684. The fourth-order valence-electron chi connectivity index (χ4n) is 1.91. The molecule has 1 aromatic heterocycles. The van der Waals surface area contributed by atoms with Gasteiger partial charge in [-0.3, -0.25) is 0 Å². The van der Waals surface area contributed by atoms with E-state index >= 15 is 0 Å². The Hall–Kier alpha value is -1.58. The van der Waals surface area contributed by atoms with E-state index in [1.807, 2.05) is 48.7 Å². The highest BCUT2D eigenvalue weighted by molar-refractivity contribution is 6.30. The van der Waals surface area contributed by atoms with Crippen LogP contribution in [0, 0.1) is 0 Å². The van der Waals surface area contributed by atoms with Gasteiger partial charge in [-0.2, -0.15) is 0 Å². The predicted molar refractivity (Wildman–Crippen MR) is 80.4 cm³/mol. The number of anilines is 1. The summed E-state index contributed by atoms with van der Waals surface area (Å²) in [4.78, 5) is 6.64. The molecule has 0 amide bonds. The van der Waals surface area contributed by atoms with Gasteiger partial charge in [0.15, 0.2) is 0 Å². The third-order valence-electron chi connectivity index (χ3n) is 2.89. The quantitative estimate of drug-likeness (QED) is 0.881. The number of nitrogens with two attached hydrogens (primary N) is 1. The molecule has 2 rings (SSSR count). The first kappa shape index (κ1) is 13.8. The van der Waals surface area contributed by atoms with E-state index in [-0.39, 0.29) is 0 Å². The van der Waals surface area contributed by atoms with Crippen molar-refractivity contribution in [1.82, 2.24) is 4.98 Å². The van der Waals surface area contributed by atoms with Crippen molar-refractivity contribution in [2.24, 2.45) is 5.73 Å². The van der Waals surface area contributed by atoms with Crippen molar-refractivity contribution in [3.63, 3.8) is 0 Å². The molecule has 0 atom stereocenters. The molecule has 19 heavy (non-hydrogen) atoms. The van der Waals surface area contributed by atoms with Gasteiger partial charge < -0.3 is 10.6 Å². The molecule has 2 aromatic rings. The van der Waals surface area contributed by atoms with Crippen LogP contribution >= 0.6 is 11.6 Å². The highest BCUT2D eigenvalue weighted by atomic mass is 35.5. The van der Waals surface area contributed by atoms with E-state index in [9.17, 15) is 0 Å². The fraction of sp³-hybridized carbons (Fsp3) is 0.267. The van der Waals surface area contributed by atoms with Gasteiger partial charge in [-0.25, -0.2) is 4.98 Å². The molecule has 3 nitrogen and oxygen atoms in total. The van der Waals surface area contributed by atoms with Crippen molar-refractivity contribution in [2.45, 2.75) is 13.0 Å². The van der Waals surface area contributed by atoms with E-state index in [1.54, 1.807) is 0 Å². The summed E-state index contributed by atoms with van der Waals surface area (Å²) in [7, 11) is 0. The molecule has 0 aliphatic heterocycles. The van der Waals surface area contributed by atoms with E-state index in [0.717, 1.165) is 30.4 Å². The number of hydrogen-bond donors (Lipinski definition) is 1. The molecule has 0 saturated carbocycles. The van der Waals surface area contributed by atoms with Crippen LogP contribution in [0.2, 0.25) is 5.02 Å². The van der Waals surface area contributed by atoms with Crippen molar-refractivity contribution in [2.75, 3.05) is 18.0 Å². The summed E-state index contributed by atoms with van der Waals surface area (Å²) in [5, 5.41) is 0.759. The summed E-state index contributed by atoms with van der Waals surface area (Å²) in [6, 6.07) is 13.9. The van der Waals surface area contributed by atoms with Crippen molar-refractivity contribution in [1.29, 1.82) is 0 Å². The molecule has 0 aliphatic rings. The zero-order valence-electron chi connectivity index (χ0n) is 10.8. The average Bonchev–Trinajstić information content (AvgIpc) is 2.46. The molecule has 4 heteroatoms. The number of rotatable bonds is 6. The molecule has 100 valence electrons. The molecular formula is C15H18ClN3. The highest BCUT2D eigenvalue weighted by Crippen LogP contribution is 2.16.